The molecule has 0 aromatic heterocycles. The Hall–Kier alpha value is -1.06. The molecule has 1 amide bonds. The molecule has 4 atom stereocenters. The second-order valence-electron chi connectivity index (χ2n) is 5.79. The molecule has 4 nitrogen and oxygen atoms in total. The molecule has 4 unspecified atom stereocenters. The molecule has 1 N–H and O–H groups in total. The Morgan fingerprint density at radius 3 is 2.44 bits per heavy atom. The summed E-state index contributed by atoms with van der Waals surface area (Å²) in [5.41, 5.74) is 0. The van der Waals surface area contributed by atoms with Gasteiger partial charge in [-0.25, -0.2) is 0 Å². The van der Waals surface area contributed by atoms with E-state index in [0.717, 1.165) is 6.42 Å². The molecule has 1 heterocycles. The zero-order valence-electron chi connectivity index (χ0n) is 11.8. The Bertz CT molecular complexity index is 316. The van der Waals surface area contributed by atoms with Gasteiger partial charge in [0.15, 0.2) is 0 Å². The van der Waals surface area contributed by atoms with Crippen LogP contribution in [0.1, 0.15) is 40.5 Å². The number of hydrogen-bond donors (Lipinski definition) is 1. The number of nitrogens with zero attached hydrogens (tertiary/aromatic N) is 1. The van der Waals surface area contributed by atoms with E-state index in [-0.39, 0.29) is 17.7 Å². The molecule has 1 saturated heterocycles. The Morgan fingerprint density at radius 1 is 1.33 bits per heavy atom. The molecule has 18 heavy (non-hydrogen) atoms. The van der Waals surface area contributed by atoms with Gasteiger partial charge in [0.2, 0.25) is 5.91 Å². The molecular formula is C14H25NO3. The van der Waals surface area contributed by atoms with E-state index < -0.39 is 11.9 Å². The topological polar surface area (TPSA) is 57.6 Å². The molecule has 1 rings (SSSR count). The maximum Gasteiger partial charge on any atom is 0.308 e. The lowest BCUT2D eigenvalue weighted by atomic mass is 9.87. The number of piperidine rings is 1. The van der Waals surface area contributed by atoms with Gasteiger partial charge >= 0.3 is 5.97 Å². The minimum Gasteiger partial charge on any atom is -0.481 e. The van der Waals surface area contributed by atoms with Crippen molar-refractivity contribution < 1.29 is 14.7 Å². The SMILES string of the molecule is CCC(C)C(C)C(=O)N1CC(C)CC(C(=O)O)C1. The van der Waals surface area contributed by atoms with Gasteiger partial charge in [-0.05, 0) is 18.3 Å². The summed E-state index contributed by atoms with van der Waals surface area (Å²) < 4.78 is 0. The molecule has 0 aliphatic carbocycles. The molecule has 0 radical (unpaired) electrons. The lowest BCUT2D eigenvalue weighted by Crippen LogP contribution is -2.48. The van der Waals surface area contributed by atoms with Crippen molar-refractivity contribution in [2.75, 3.05) is 13.1 Å². The van der Waals surface area contributed by atoms with Gasteiger partial charge in [-0.1, -0.05) is 34.1 Å². The first-order valence-electron chi connectivity index (χ1n) is 6.88. The fourth-order valence-electron chi connectivity index (χ4n) is 2.60. The Morgan fingerprint density at radius 2 is 1.94 bits per heavy atom. The van der Waals surface area contributed by atoms with Crippen molar-refractivity contribution in [1.29, 1.82) is 0 Å². The van der Waals surface area contributed by atoms with Crippen molar-refractivity contribution in [3.05, 3.63) is 0 Å². The van der Waals surface area contributed by atoms with Gasteiger partial charge in [-0.2, -0.15) is 0 Å². The van der Waals surface area contributed by atoms with Gasteiger partial charge in [0, 0.05) is 19.0 Å². The highest BCUT2D eigenvalue weighted by molar-refractivity contribution is 5.80. The van der Waals surface area contributed by atoms with Crippen LogP contribution in [0.5, 0.6) is 0 Å². The fourth-order valence-corrected chi connectivity index (χ4v) is 2.60. The Balaban J connectivity index is 2.70. The number of rotatable bonds is 4. The summed E-state index contributed by atoms with van der Waals surface area (Å²) in [6.45, 7) is 9.19. The largest absolute Gasteiger partial charge is 0.481 e. The van der Waals surface area contributed by atoms with Crippen molar-refractivity contribution in [3.63, 3.8) is 0 Å². The number of carboxylic acid groups (broad SMARTS) is 1. The minimum absolute atomic E-state index is 0.0188. The maximum atomic E-state index is 12.3. The maximum absolute atomic E-state index is 12.3. The van der Waals surface area contributed by atoms with Gasteiger partial charge in [-0.15, -0.1) is 0 Å². The first-order valence-corrected chi connectivity index (χ1v) is 6.88. The lowest BCUT2D eigenvalue weighted by molar-refractivity contribution is -0.148. The van der Waals surface area contributed by atoms with Gasteiger partial charge in [0.25, 0.3) is 0 Å². The average molecular weight is 255 g/mol. The van der Waals surface area contributed by atoms with E-state index in [4.69, 9.17) is 5.11 Å². The third kappa shape index (κ3) is 3.47. The van der Waals surface area contributed by atoms with Crippen molar-refractivity contribution >= 4 is 11.9 Å². The third-order valence-corrected chi connectivity index (χ3v) is 4.21. The zero-order chi connectivity index (χ0) is 13.9. The summed E-state index contributed by atoms with van der Waals surface area (Å²) in [6, 6.07) is 0. The first kappa shape index (κ1) is 15.0. The highest BCUT2D eigenvalue weighted by Gasteiger charge is 2.34. The normalized spacial score (nSPS) is 27.7. The van der Waals surface area contributed by atoms with Gasteiger partial charge in [0.1, 0.15) is 0 Å². The standard InChI is InChI=1S/C14H25NO3/c1-5-10(3)11(4)13(16)15-7-9(2)6-12(8-15)14(17)18/h9-12H,5-8H2,1-4H3,(H,17,18). The van der Waals surface area contributed by atoms with E-state index in [2.05, 4.69) is 13.8 Å². The van der Waals surface area contributed by atoms with Crippen LogP contribution in [0.3, 0.4) is 0 Å². The van der Waals surface area contributed by atoms with Crippen LogP contribution in [-0.2, 0) is 9.59 Å². The number of carbonyl (C=O) groups is 2. The number of hydrogen-bond acceptors (Lipinski definition) is 2. The van der Waals surface area contributed by atoms with Crippen LogP contribution in [0.15, 0.2) is 0 Å². The van der Waals surface area contributed by atoms with Crippen LogP contribution in [-0.4, -0.2) is 35.0 Å². The van der Waals surface area contributed by atoms with Crippen molar-refractivity contribution in [2.24, 2.45) is 23.7 Å². The monoisotopic (exact) mass is 255 g/mol. The molecule has 4 heteroatoms. The van der Waals surface area contributed by atoms with E-state index in [1.54, 1.807) is 4.90 Å². The second-order valence-corrected chi connectivity index (χ2v) is 5.79. The Kier molecular flexibility index (Phi) is 5.17. The fraction of sp³-hybridized carbons (Fsp3) is 0.857. The van der Waals surface area contributed by atoms with E-state index in [0.29, 0.717) is 25.4 Å². The summed E-state index contributed by atoms with van der Waals surface area (Å²) in [6.07, 6.45) is 1.65. The van der Waals surface area contributed by atoms with E-state index in [9.17, 15) is 9.59 Å². The average Bonchev–Trinajstić information content (AvgIpc) is 2.35. The van der Waals surface area contributed by atoms with Crippen LogP contribution < -0.4 is 0 Å². The second kappa shape index (κ2) is 6.21. The molecule has 1 fully saturated rings. The van der Waals surface area contributed by atoms with Crippen molar-refractivity contribution in [2.45, 2.75) is 40.5 Å². The number of carbonyl (C=O) groups excluding carboxylic acids is 1. The summed E-state index contributed by atoms with van der Waals surface area (Å²) in [7, 11) is 0. The van der Waals surface area contributed by atoms with Crippen LogP contribution in [0.4, 0.5) is 0 Å². The molecule has 1 aliphatic heterocycles. The molecule has 1 aliphatic rings. The molecule has 0 spiro atoms. The molecular weight excluding hydrogens is 230 g/mol. The predicted octanol–water partition coefficient (Wildman–Crippen LogP) is 2.24. The summed E-state index contributed by atoms with van der Waals surface area (Å²) >= 11 is 0. The molecule has 0 aromatic rings. The van der Waals surface area contributed by atoms with Gasteiger partial charge in [-0.3, -0.25) is 9.59 Å². The number of amides is 1. The van der Waals surface area contributed by atoms with E-state index in [1.807, 2.05) is 13.8 Å². The number of aliphatic carboxylic acids is 1. The first-order chi connectivity index (χ1) is 8.36. The van der Waals surface area contributed by atoms with Crippen LogP contribution in [0.2, 0.25) is 0 Å². The van der Waals surface area contributed by atoms with E-state index >= 15 is 0 Å². The van der Waals surface area contributed by atoms with Crippen LogP contribution in [0, 0.1) is 23.7 Å². The molecule has 0 bridgehead atoms. The molecule has 0 saturated carbocycles. The minimum atomic E-state index is -0.782. The Labute approximate surface area is 109 Å². The highest BCUT2D eigenvalue weighted by atomic mass is 16.4. The van der Waals surface area contributed by atoms with Crippen molar-refractivity contribution in [3.8, 4) is 0 Å². The number of likely N-dealkylation sites (tertiary alicyclic amines) is 1. The van der Waals surface area contributed by atoms with Gasteiger partial charge < -0.3 is 10.0 Å². The summed E-state index contributed by atoms with van der Waals surface area (Å²) in [4.78, 5) is 25.2. The molecule has 0 aromatic carbocycles. The highest BCUT2D eigenvalue weighted by Crippen LogP contribution is 2.25. The number of carboxylic acids is 1. The summed E-state index contributed by atoms with van der Waals surface area (Å²) in [5.74, 6) is -0.472. The van der Waals surface area contributed by atoms with E-state index in [1.165, 1.54) is 0 Å². The summed E-state index contributed by atoms with van der Waals surface area (Å²) in [5, 5.41) is 9.11. The van der Waals surface area contributed by atoms with Gasteiger partial charge in [0.05, 0.1) is 5.92 Å². The molecule has 104 valence electrons. The quantitative estimate of drug-likeness (QED) is 0.838. The zero-order valence-corrected chi connectivity index (χ0v) is 11.8. The smallest absolute Gasteiger partial charge is 0.308 e. The van der Waals surface area contributed by atoms with Crippen LogP contribution in [0.25, 0.3) is 0 Å². The lowest BCUT2D eigenvalue weighted by Gasteiger charge is -2.37. The van der Waals surface area contributed by atoms with Crippen molar-refractivity contribution in [1.82, 2.24) is 4.90 Å². The van der Waals surface area contributed by atoms with Crippen LogP contribution >= 0.6 is 0 Å². The predicted molar refractivity (Wildman–Crippen MR) is 70.1 cm³/mol. The third-order valence-electron chi connectivity index (χ3n) is 4.21.